The van der Waals surface area contributed by atoms with E-state index in [2.05, 4.69) is 42.5 Å². The monoisotopic (exact) mass is 1890 g/mol. The van der Waals surface area contributed by atoms with Crippen molar-refractivity contribution in [3.8, 4) is 0 Å². The van der Waals surface area contributed by atoms with E-state index in [1.807, 2.05) is 73.0 Å². The van der Waals surface area contributed by atoms with E-state index in [4.69, 9.17) is 69.4 Å². The first-order valence-electron chi connectivity index (χ1n) is 35.9. The number of methoxy groups -OCH3 is 1. The van der Waals surface area contributed by atoms with Crippen LogP contribution in [-0.4, -0.2) is 367 Å². The van der Waals surface area contributed by atoms with E-state index in [0.29, 0.717) is 120 Å². The Bertz CT molecular complexity index is 3670. The van der Waals surface area contributed by atoms with Gasteiger partial charge in [0.1, 0.15) is 12.1 Å². The van der Waals surface area contributed by atoms with Crippen LogP contribution in [0.25, 0.3) is 0 Å². The van der Waals surface area contributed by atoms with Crippen molar-refractivity contribution in [1.29, 1.82) is 0 Å². The average Bonchev–Trinajstić information content (AvgIpc) is 1.01. The number of carboxylic acid groups (broad SMARTS) is 5. The zero-order chi connectivity index (χ0) is 81.5. The second-order valence-electron chi connectivity index (χ2n) is 26.8. The first-order valence-corrected chi connectivity index (χ1v) is 37.2. The molecule has 2 aliphatic rings. The first kappa shape index (κ1) is 101. The number of unbranched alkanes of at least 4 members (excludes halogenated alkanes) is 1. The molecule has 2 heterocycles. The Hall–Kier alpha value is -8.67. The maximum absolute atomic E-state index is 14.3. The summed E-state index contributed by atoms with van der Waals surface area (Å²) in [5.74, 6) is -9.17. The van der Waals surface area contributed by atoms with Crippen LogP contribution in [-0.2, 0) is 93.8 Å². The fraction of sp³-hybridized carbons (Fsp3) is 0.521. The maximum atomic E-state index is 14.3. The molecule has 0 aromatic heterocycles. The predicted octanol–water partition coefficient (Wildman–Crippen LogP) is -3.13. The molecular formula is C71H107CuN20O18PbS3-. The van der Waals surface area contributed by atoms with Gasteiger partial charge in [-0.05, 0) is 128 Å². The number of nitrogens with two attached hydrogens (primary N) is 4. The number of anilines is 3. The molecule has 4 unspecified atom stereocenters. The van der Waals surface area contributed by atoms with E-state index in [9.17, 15) is 78.0 Å². The summed E-state index contributed by atoms with van der Waals surface area (Å²) in [4.78, 5) is 161. The number of carbonyl (C=O) groups is 12. The zero-order valence-corrected chi connectivity index (χ0v) is 71.1. The van der Waals surface area contributed by atoms with E-state index in [-0.39, 0.29) is 177 Å². The Morgan fingerprint density at radius 1 is 0.465 bits per heavy atom. The molecule has 4 atom stereocenters. The number of rotatable bonds is 41. The minimum Gasteiger partial charge on any atom is -0.481 e. The van der Waals surface area contributed by atoms with Crippen molar-refractivity contribution in [3.63, 3.8) is 0 Å². The number of amides is 7. The van der Waals surface area contributed by atoms with Gasteiger partial charge in [-0.3, -0.25) is 77.5 Å². The molecule has 633 valence electrons. The largest absolute Gasteiger partial charge is 0.481 e. The van der Waals surface area contributed by atoms with Gasteiger partial charge in [-0.1, -0.05) is 36.4 Å². The number of aliphatic carboxylic acids is 5. The molecule has 0 spiro atoms. The van der Waals surface area contributed by atoms with Crippen LogP contribution in [0.4, 0.5) is 21.9 Å². The third-order valence-electron chi connectivity index (χ3n) is 18.0. The molecule has 3 aromatic rings. The van der Waals surface area contributed by atoms with Gasteiger partial charge in [0.05, 0.1) is 59.3 Å². The molecule has 21 N–H and O–H groups in total. The number of ether oxygens (including phenoxy) is 1. The Morgan fingerprint density at radius 2 is 0.816 bits per heavy atom. The van der Waals surface area contributed by atoms with Crippen LogP contribution in [0.2, 0.25) is 0 Å². The van der Waals surface area contributed by atoms with Crippen molar-refractivity contribution < 1.29 is 105 Å². The summed E-state index contributed by atoms with van der Waals surface area (Å²) >= 11 is 17.0. The number of hydrogen-bond donors (Lipinski definition) is 17. The van der Waals surface area contributed by atoms with Crippen LogP contribution >= 0.6 is 36.7 Å². The van der Waals surface area contributed by atoms with Crippen LogP contribution < -0.4 is 65.5 Å². The number of hydrogen-bond acceptors (Lipinski definition) is 23. The van der Waals surface area contributed by atoms with E-state index in [1.165, 1.54) is 7.11 Å². The van der Waals surface area contributed by atoms with Crippen LogP contribution in [0, 0.1) is 7.43 Å². The molecule has 38 nitrogen and oxygen atoms in total. The number of nitrogens with zero attached hydrogens (tertiary/aromatic N) is 8. The van der Waals surface area contributed by atoms with Gasteiger partial charge in [0.15, 0.2) is 15.3 Å². The number of esters is 1. The van der Waals surface area contributed by atoms with Crippen molar-refractivity contribution in [2.75, 3.05) is 180 Å². The maximum Gasteiger partial charge on any atom is 0.326 e. The third kappa shape index (κ3) is 41.6. The molecule has 114 heavy (non-hydrogen) atoms. The predicted molar refractivity (Wildman–Crippen MR) is 434 cm³/mol. The minimum atomic E-state index is -1.54. The number of benzene rings is 3. The molecular weight excluding hydrogens is 1780 g/mol. The molecule has 2 fully saturated rings. The van der Waals surface area contributed by atoms with Crippen molar-refractivity contribution in [2.24, 2.45) is 22.9 Å². The van der Waals surface area contributed by atoms with Crippen molar-refractivity contribution in [3.05, 3.63) is 96.9 Å². The SMILES string of the molecule is COC(=O)CN1CCN(CC(=O)O)CCN(CC(=O)O)CC1Cc1ccc(NC(=S)NCCN(CCNC(=S)Nc2ccc(CC3CN(CC(N)=O)CCN(CC(N)=O)CCN(CC(N)=O)CCN3CC(N)=O)cc2)C(=O)Cc2ccc(NC(=S)NCCCCC(NC(=O)NC(CCC(=O)O)C(=O)O)C(=O)O)cc2)cc1.[203Pb].[64Cu].[CH3-]. The smallest absolute Gasteiger partial charge is 0.326 e. The summed E-state index contributed by atoms with van der Waals surface area (Å²) in [6, 6.07) is 17.1. The summed E-state index contributed by atoms with van der Waals surface area (Å²) in [5.41, 5.74) is 27.0. The first-order chi connectivity index (χ1) is 52.8. The van der Waals surface area contributed by atoms with Crippen LogP contribution in [0.3, 0.4) is 0 Å². The summed E-state index contributed by atoms with van der Waals surface area (Å²) in [7, 11) is 1.28. The molecule has 7 amide bonds. The fourth-order valence-corrected chi connectivity index (χ4v) is 13.1. The molecule has 0 saturated carbocycles. The molecule has 3 aromatic carbocycles. The normalized spacial score (nSPS) is 16.2. The van der Waals surface area contributed by atoms with Gasteiger partial charge in [0.25, 0.3) is 0 Å². The van der Waals surface area contributed by atoms with Gasteiger partial charge in [-0.15, -0.1) is 0 Å². The van der Waals surface area contributed by atoms with Crippen LogP contribution in [0.5, 0.6) is 0 Å². The number of thiocarbonyl (C=S) groups is 3. The van der Waals surface area contributed by atoms with Gasteiger partial charge in [-0.25, -0.2) is 14.4 Å². The fourth-order valence-electron chi connectivity index (χ4n) is 12.4. The Balaban J connectivity index is 0.0000147. The van der Waals surface area contributed by atoms with Gasteiger partial charge in [-0.2, -0.15) is 0 Å². The number of nitrogens with one attached hydrogen (secondary N) is 8. The van der Waals surface area contributed by atoms with Gasteiger partial charge in [0.2, 0.25) is 29.5 Å². The van der Waals surface area contributed by atoms with E-state index < -0.39 is 96.4 Å². The summed E-state index contributed by atoms with van der Waals surface area (Å²) in [5, 5.41) is 71.2. The van der Waals surface area contributed by atoms with Crippen LogP contribution in [0.1, 0.15) is 48.8 Å². The Morgan fingerprint density at radius 3 is 1.21 bits per heavy atom. The number of carbonyl (C=O) groups excluding carboxylic acids is 7. The summed E-state index contributed by atoms with van der Waals surface area (Å²) in [6.45, 7) is 3.83. The third-order valence-corrected chi connectivity index (χ3v) is 18.8. The van der Waals surface area contributed by atoms with Gasteiger partial charge in [0, 0.05) is 191 Å². The summed E-state index contributed by atoms with van der Waals surface area (Å²) in [6.07, 6.45) is 0.559. The number of urea groups is 1. The van der Waals surface area contributed by atoms with Crippen molar-refractivity contribution in [2.45, 2.75) is 75.5 Å². The molecule has 5 radical (unpaired) electrons. The van der Waals surface area contributed by atoms with Gasteiger partial charge < -0.3 is 108 Å². The quantitative estimate of drug-likeness (QED) is 0.00878. The standard InChI is InChI=1S/C70H104N20O18S3.CH3.Cu.Pb/c1-108-64(102)45-90-33-31-85(43-62(98)99)27-29-87(44-63(100)101)38-53(90)35-47-7-13-50(14-8-47)80-70(111)77-21-23-88(60(95)36-48-9-15-51(16-10-48)78-68(109)75-19-3-2-4-54(65(103)104)81-67(107)82-55(66(105)106)17-18-61(96)97)22-20-76-69(110)79-49-11-5-46(6-12-49)34-52-37-86(41-58(73)93)28-26-83(39-56(71)91)24-25-84(40-57(72)92)30-32-89(52)42-59(74)94;;;/h5-16,52-55H,2-4,17-45H2,1H3,(H2,71,91)(H2,72,92)(H2,73,93)(H2,74,94)(H,96,97)(H,98,99)(H,100,101)(H,103,104)(H,105,106)(H2,75,78,109)(H2,76,79,110)(H2,77,80,111)(H2,81,82,107);1H3;;/q;-1;;/i;;1+0;1-4. The molecule has 5 rings (SSSR count). The number of carboxylic acids is 5. The Kier molecular flexibility index (Phi) is 48.2. The second kappa shape index (κ2) is 54.2. The Labute approximate surface area is 709 Å². The van der Waals surface area contributed by atoms with Crippen molar-refractivity contribution >= 4 is 168 Å². The summed E-state index contributed by atoms with van der Waals surface area (Å²) < 4.78 is 5.00. The molecule has 2 aliphatic heterocycles. The average molecular weight is 1890 g/mol. The van der Waals surface area contributed by atoms with E-state index >= 15 is 0 Å². The van der Waals surface area contributed by atoms with Crippen molar-refractivity contribution in [1.82, 2.24) is 65.8 Å². The zero-order valence-electron chi connectivity index (χ0n) is 63.8. The van der Waals surface area contributed by atoms with E-state index in [1.54, 1.807) is 39.0 Å². The molecule has 0 bridgehead atoms. The van der Waals surface area contributed by atoms with E-state index in [0.717, 1.165) is 11.1 Å². The van der Waals surface area contributed by atoms with Crippen LogP contribution in [0.15, 0.2) is 72.8 Å². The molecule has 0 aliphatic carbocycles. The van der Waals surface area contributed by atoms with Gasteiger partial charge >= 0.3 is 41.8 Å². The topological polar surface area (TPSA) is 541 Å². The number of primary amides is 4. The minimum absolute atomic E-state index is 0. The molecule has 43 heteroatoms. The molecule has 2 saturated heterocycles. The second-order valence-corrected chi connectivity index (χ2v) is 28.0.